The van der Waals surface area contributed by atoms with E-state index >= 15 is 0 Å². The van der Waals surface area contributed by atoms with Crippen molar-refractivity contribution >= 4 is 25.6 Å². The standard InChI is InChI=1S/C58H70N4O4P/c1-44(2)62(45(3)4)67(65-42-21-38-59)66-43-23-40-61-53-31-19-17-29-51(53)57(7,8)55(61)33-20-32-54-56(5,6)50-28-16-18-30-52(50)60(54)39-22-41-64-58(46-24-12-10-13-25-46,47-26-14-11-15-27-47)48-34-36-49(63-9)37-35-48/h10-20,24-37,44-45H,21-23,39-43H2,1-9H3/q+1. The van der Waals surface area contributed by atoms with Crippen molar-refractivity contribution < 1.29 is 23.1 Å². The highest BCUT2D eigenvalue weighted by Crippen LogP contribution is 2.49. The highest BCUT2D eigenvalue weighted by atomic mass is 31.2. The fraction of sp³-hybridized carbons (Fsp3) is 0.379. The number of fused-ring (bicyclic) bond motifs is 2. The van der Waals surface area contributed by atoms with E-state index in [4.69, 9.17) is 18.5 Å². The normalized spacial score (nSPS) is 16.3. The van der Waals surface area contributed by atoms with Gasteiger partial charge < -0.3 is 23.4 Å². The number of para-hydroxylation sites is 2. The molecule has 5 aromatic rings. The van der Waals surface area contributed by atoms with Crippen LogP contribution in [-0.2, 0) is 30.2 Å². The van der Waals surface area contributed by atoms with Crippen molar-refractivity contribution in [3.05, 3.63) is 185 Å². The minimum absolute atomic E-state index is 0.204. The minimum Gasteiger partial charge on any atom is -0.497 e. The molecule has 0 fully saturated rings. The second-order valence-corrected chi connectivity index (χ2v) is 20.4. The molecule has 1 unspecified atom stereocenters. The van der Waals surface area contributed by atoms with Crippen LogP contribution in [0.4, 0.5) is 11.4 Å². The van der Waals surface area contributed by atoms with Gasteiger partial charge in [0, 0.05) is 59.6 Å². The van der Waals surface area contributed by atoms with Crippen LogP contribution < -0.4 is 9.64 Å². The van der Waals surface area contributed by atoms with Gasteiger partial charge in [-0.25, -0.2) is 4.67 Å². The fourth-order valence-corrected chi connectivity index (χ4v) is 11.7. The Balaban J connectivity index is 1.15. The van der Waals surface area contributed by atoms with Gasteiger partial charge in [-0.1, -0.05) is 129 Å². The van der Waals surface area contributed by atoms with Crippen LogP contribution in [-0.4, -0.2) is 67.1 Å². The molecule has 0 spiro atoms. The number of benzene rings is 5. The first-order chi connectivity index (χ1) is 32.4. The molecule has 9 heteroatoms. The number of nitriles is 1. The summed E-state index contributed by atoms with van der Waals surface area (Å²) in [5.41, 5.74) is 9.62. The molecule has 0 saturated heterocycles. The lowest BCUT2D eigenvalue weighted by Crippen LogP contribution is -2.34. The molecule has 7 rings (SSSR count). The van der Waals surface area contributed by atoms with Crippen LogP contribution in [0.15, 0.2) is 157 Å². The molecule has 1 atom stereocenters. The van der Waals surface area contributed by atoms with Gasteiger partial charge in [0.2, 0.25) is 5.69 Å². The van der Waals surface area contributed by atoms with E-state index in [1.807, 2.05) is 12.1 Å². The Morgan fingerprint density at radius 3 is 1.91 bits per heavy atom. The number of hydrogen-bond donors (Lipinski definition) is 0. The first-order valence-corrected chi connectivity index (χ1v) is 25.1. The van der Waals surface area contributed by atoms with Gasteiger partial charge in [0.15, 0.2) is 12.3 Å². The molecule has 350 valence electrons. The molecule has 2 aliphatic heterocycles. The van der Waals surface area contributed by atoms with Gasteiger partial charge in [0.25, 0.3) is 8.53 Å². The van der Waals surface area contributed by atoms with Gasteiger partial charge >= 0.3 is 0 Å². The summed E-state index contributed by atoms with van der Waals surface area (Å²) in [7, 11) is 0.405. The molecule has 0 aromatic heterocycles. The maximum atomic E-state index is 9.20. The maximum absolute atomic E-state index is 9.20. The zero-order valence-corrected chi connectivity index (χ0v) is 42.0. The number of anilines is 1. The van der Waals surface area contributed by atoms with Gasteiger partial charge in [-0.15, -0.1) is 0 Å². The number of hydrogen-bond acceptors (Lipinski definition) is 7. The summed E-state index contributed by atoms with van der Waals surface area (Å²) in [5, 5.41) is 9.20. The van der Waals surface area contributed by atoms with E-state index in [-0.39, 0.29) is 22.9 Å². The molecular formula is C58H70N4O4P+. The van der Waals surface area contributed by atoms with E-state index in [0.29, 0.717) is 26.2 Å². The van der Waals surface area contributed by atoms with Crippen molar-refractivity contribution in [1.82, 2.24) is 4.67 Å². The van der Waals surface area contributed by atoms with E-state index in [0.717, 1.165) is 48.4 Å². The number of nitrogens with zero attached hydrogens (tertiary/aromatic N) is 4. The second-order valence-electron chi connectivity index (χ2n) is 19.0. The Morgan fingerprint density at radius 1 is 0.701 bits per heavy atom. The van der Waals surface area contributed by atoms with E-state index < -0.39 is 14.1 Å². The van der Waals surface area contributed by atoms with E-state index in [1.165, 1.54) is 33.9 Å². The first-order valence-electron chi connectivity index (χ1n) is 24.0. The number of rotatable bonds is 22. The van der Waals surface area contributed by atoms with E-state index in [9.17, 15) is 5.26 Å². The predicted molar refractivity (Wildman–Crippen MR) is 275 cm³/mol. The average molecular weight is 918 g/mol. The van der Waals surface area contributed by atoms with Crippen LogP contribution >= 0.6 is 8.53 Å². The molecule has 0 N–H and O–H groups in total. The third-order valence-corrected chi connectivity index (χ3v) is 15.3. The Bertz CT molecular complexity index is 2500. The van der Waals surface area contributed by atoms with Crippen LogP contribution in [0, 0.1) is 11.3 Å². The summed E-state index contributed by atoms with van der Waals surface area (Å²) < 4.78 is 30.4. The summed E-state index contributed by atoms with van der Waals surface area (Å²) in [6, 6.07) is 49.8. The Morgan fingerprint density at radius 2 is 1.28 bits per heavy atom. The summed E-state index contributed by atoms with van der Waals surface area (Å²) >= 11 is 0. The van der Waals surface area contributed by atoms with Crippen molar-refractivity contribution in [1.29, 1.82) is 5.26 Å². The zero-order valence-electron chi connectivity index (χ0n) is 41.1. The van der Waals surface area contributed by atoms with Crippen LogP contribution in [0.25, 0.3) is 0 Å². The number of allylic oxidation sites excluding steroid dienone is 4. The molecule has 0 saturated carbocycles. The molecule has 0 radical (unpaired) electrons. The van der Waals surface area contributed by atoms with Gasteiger partial charge in [-0.2, -0.15) is 9.84 Å². The van der Waals surface area contributed by atoms with Gasteiger partial charge in [0.05, 0.1) is 44.8 Å². The lowest BCUT2D eigenvalue weighted by molar-refractivity contribution is -0.438. The maximum Gasteiger partial charge on any atom is 0.259 e. The summed E-state index contributed by atoms with van der Waals surface area (Å²) in [6.45, 7) is 21.1. The third kappa shape index (κ3) is 10.5. The molecule has 0 aliphatic carbocycles. The highest BCUT2D eigenvalue weighted by molar-refractivity contribution is 7.44. The van der Waals surface area contributed by atoms with Gasteiger partial charge in [-0.3, -0.25) is 0 Å². The van der Waals surface area contributed by atoms with Crippen LogP contribution in [0.1, 0.15) is 102 Å². The van der Waals surface area contributed by atoms with Crippen molar-refractivity contribution in [2.24, 2.45) is 0 Å². The molecule has 8 nitrogen and oxygen atoms in total. The molecule has 2 aliphatic rings. The largest absolute Gasteiger partial charge is 0.497 e. The lowest BCUT2D eigenvalue weighted by atomic mass is 9.80. The summed E-state index contributed by atoms with van der Waals surface area (Å²) in [4.78, 5) is 2.51. The Labute approximate surface area is 402 Å². The highest BCUT2D eigenvalue weighted by Gasteiger charge is 2.45. The smallest absolute Gasteiger partial charge is 0.259 e. The quantitative estimate of drug-likeness (QED) is 0.0296. The second kappa shape index (κ2) is 22.1. The third-order valence-electron chi connectivity index (χ3n) is 13.2. The monoisotopic (exact) mass is 918 g/mol. The Hall–Kier alpha value is -5.39. The van der Waals surface area contributed by atoms with Crippen molar-refractivity contribution in [3.8, 4) is 11.8 Å². The van der Waals surface area contributed by atoms with E-state index in [2.05, 4.69) is 215 Å². The van der Waals surface area contributed by atoms with Crippen LogP contribution in [0.5, 0.6) is 5.75 Å². The molecule has 0 amide bonds. The van der Waals surface area contributed by atoms with Crippen LogP contribution in [0.2, 0.25) is 0 Å². The van der Waals surface area contributed by atoms with Crippen molar-refractivity contribution in [3.63, 3.8) is 0 Å². The minimum atomic E-state index is -1.30. The topological polar surface area (TPSA) is 70.2 Å². The predicted octanol–water partition coefficient (Wildman–Crippen LogP) is 13.4. The fourth-order valence-electron chi connectivity index (χ4n) is 10.0. The SMILES string of the molecule is COc1ccc(C(OCCCN2/C(=C/C=C/C3=[N+](CCCOP(OCCC#N)N(C(C)C)C(C)C)c4ccccc4C3(C)C)C(C)(C)c3ccccc32)(c2ccccc2)c2ccccc2)cc1. The summed E-state index contributed by atoms with van der Waals surface area (Å²) in [6.07, 6.45) is 8.90. The lowest BCUT2D eigenvalue weighted by Gasteiger charge is -2.36. The van der Waals surface area contributed by atoms with Gasteiger partial charge in [-0.05, 0) is 94.5 Å². The molecule has 2 heterocycles. The summed E-state index contributed by atoms with van der Waals surface area (Å²) in [5.74, 6) is 0.810. The first kappa shape index (κ1) is 49.5. The molecular weight excluding hydrogens is 848 g/mol. The van der Waals surface area contributed by atoms with E-state index in [1.54, 1.807) is 7.11 Å². The molecule has 5 aromatic carbocycles. The van der Waals surface area contributed by atoms with Crippen molar-refractivity contribution in [2.45, 2.75) is 103 Å². The van der Waals surface area contributed by atoms with Crippen molar-refractivity contribution in [2.75, 3.05) is 44.9 Å². The number of methoxy groups -OCH3 is 1. The van der Waals surface area contributed by atoms with Gasteiger partial charge in [0.1, 0.15) is 11.4 Å². The number of ether oxygens (including phenoxy) is 2. The molecule has 0 bridgehead atoms. The molecule has 67 heavy (non-hydrogen) atoms. The van der Waals surface area contributed by atoms with Crippen LogP contribution in [0.3, 0.4) is 0 Å². The average Bonchev–Trinajstić information content (AvgIpc) is 3.68. The Kier molecular flexibility index (Phi) is 16.4. The zero-order chi connectivity index (χ0) is 47.6.